The van der Waals surface area contributed by atoms with Crippen molar-refractivity contribution in [2.24, 2.45) is 0 Å². The molecule has 0 fully saturated rings. The maximum Gasteiger partial charge on any atom is 0.205 e. The van der Waals surface area contributed by atoms with Crippen molar-refractivity contribution in [2.75, 3.05) is 5.32 Å². The fraction of sp³-hybridized carbons (Fsp3) is 0.500. The topological polar surface area (TPSA) is 66.5 Å². The normalized spacial score (nSPS) is 10.7. The Morgan fingerprint density at radius 2 is 2.12 bits per heavy atom. The van der Waals surface area contributed by atoms with Crippen LogP contribution < -0.4 is 5.32 Å². The molecule has 0 saturated heterocycles. The summed E-state index contributed by atoms with van der Waals surface area (Å²) in [6.45, 7) is 6.84. The Kier molecular flexibility index (Phi) is 3.19. The minimum atomic E-state index is 0.743. The van der Waals surface area contributed by atoms with Gasteiger partial charge < -0.3 is 5.32 Å². The predicted octanol–water partition coefficient (Wildman–Crippen LogP) is 2.05. The molecule has 2 heterocycles. The number of aromatic amines is 1. The highest BCUT2D eigenvalue weighted by molar-refractivity contribution is 7.15. The van der Waals surface area contributed by atoms with E-state index in [4.69, 9.17) is 0 Å². The van der Waals surface area contributed by atoms with Crippen molar-refractivity contribution in [3.05, 3.63) is 22.0 Å². The quantitative estimate of drug-likeness (QED) is 0.854. The largest absolute Gasteiger partial charge is 0.356 e. The zero-order valence-corrected chi connectivity index (χ0v) is 10.5. The lowest BCUT2D eigenvalue weighted by Gasteiger charge is -2.01. The fourth-order valence-electron chi connectivity index (χ4n) is 1.47. The van der Waals surface area contributed by atoms with E-state index in [-0.39, 0.29) is 0 Å². The molecule has 0 atom stereocenters. The van der Waals surface area contributed by atoms with Crippen LogP contribution in [-0.4, -0.2) is 20.4 Å². The second-order valence-electron chi connectivity index (χ2n) is 3.62. The number of nitrogens with zero attached hydrogens (tertiary/aromatic N) is 3. The van der Waals surface area contributed by atoms with Crippen LogP contribution in [0.3, 0.4) is 0 Å². The summed E-state index contributed by atoms with van der Waals surface area (Å²) in [5, 5.41) is 20.5. The summed E-state index contributed by atoms with van der Waals surface area (Å²) in [5.74, 6) is 0. The van der Waals surface area contributed by atoms with Gasteiger partial charge in [0, 0.05) is 17.8 Å². The molecule has 0 aromatic carbocycles. The summed E-state index contributed by atoms with van der Waals surface area (Å²) in [4.78, 5) is 0. The lowest BCUT2D eigenvalue weighted by atomic mass is 10.2. The molecular formula is C10H15N5S. The van der Waals surface area contributed by atoms with Crippen LogP contribution >= 0.6 is 11.3 Å². The lowest BCUT2D eigenvalue weighted by Crippen LogP contribution is -2.01. The van der Waals surface area contributed by atoms with Crippen molar-refractivity contribution in [1.29, 1.82) is 0 Å². The summed E-state index contributed by atoms with van der Waals surface area (Å²) in [6, 6.07) is 0. The first-order valence-electron chi connectivity index (χ1n) is 5.27. The van der Waals surface area contributed by atoms with Crippen molar-refractivity contribution in [1.82, 2.24) is 20.4 Å². The maximum absolute atomic E-state index is 4.15. The van der Waals surface area contributed by atoms with Gasteiger partial charge in [0.05, 0.1) is 5.69 Å². The predicted molar refractivity (Wildman–Crippen MR) is 64.7 cm³/mol. The summed E-state index contributed by atoms with van der Waals surface area (Å²) >= 11 is 1.60. The fourth-order valence-corrected chi connectivity index (χ4v) is 2.14. The van der Waals surface area contributed by atoms with Crippen LogP contribution in [0.15, 0.2) is 0 Å². The molecule has 0 saturated carbocycles. The van der Waals surface area contributed by atoms with Gasteiger partial charge in [0.1, 0.15) is 5.01 Å². The van der Waals surface area contributed by atoms with Crippen LogP contribution in [0.25, 0.3) is 0 Å². The SMILES string of the molecule is CCc1nnc(NCc2c(C)n[nH]c2C)s1. The standard InChI is InChI=1S/C10H15N5S/c1-4-9-14-15-10(16-9)11-5-8-6(2)12-13-7(8)3/h4-5H2,1-3H3,(H,11,15)(H,12,13). The number of rotatable bonds is 4. The van der Waals surface area contributed by atoms with Crippen LogP contribution in [0.4, 0.5) is 5.13 Å². The molecule has 2 N–H and O–H groups in total. The maximum atomic E-state index is 4.15. The Bertz CT molecular complexity index is 454. The van der Waals surface area contributed by atoms with Gasteiger partial charge in [-0.15, -0.1) is 10.2 Å². The Hall–Kier alpha value is -1.43. The number of hydrogen-bond acceptors (Lipinski definition) is 5. The van der Waals surface area contributed by atoms with Crippen molar-refractivity contribution in [2.45, 2.75) is 33.7 Å². The van der Waals surface area contributed by atoms with Crippen LogP contribution in [0, 0.1) is 13.8 Å². The van der Waals surface area contributed by atoms with Crippen LogP contribution in [0.5, 0.6) is 0 Å². The first kappa shape index (κ1) is 11.1. The Morgan fingerprint density at radius 1 is 1.31 bits per heavy atom. The van der Waals surface area contributed by atoms with Crippen molar-refractivity contribution in [3.63, 3.8) is 0 Å². The highest BCUT2D eigenvalue weighted by atomic mass is 32.1. The molecule has 5 nitrogen and oxygen atoms in total. The summed E-state index contributed by atoms with van der Waals surface area (Å²) in [5.41, 5.74) is 3.34. The number of nitrogens with one attached hydrogen (secondary N) is 2. The molecule has 0 aliphatic rings. The summed E-state index contributed by atoms with van der Waals surface area (Å²) in [7, 11) is 0. The molecule has 0 bridgehead atoms. The average molecular weight is 237 g/mol. The van der Waals surface area contributed by atoms with E-state index in [0.29, 0.717) is 0 Å². The lowest BCUT2D eigenvalue weighted by molar-refractivity contribution is 0.973. The van der Waals surface area contributed by atoms with Gasteiger partial charge in [-0.05, 0) is 20.3 Å². The summed E-state index contributed by atoms with van der Waals surface area (Å²) < 4.78 is 0. The number of aromatic nitrogens is 4. The van der Waals surface area contributed by atoms with Crippen LogP contribution in [-0.2, 0) is 13.0 Å². The monoisotopic (exact) mass is 237 g/mol. The van der Waals surface area contributed by atoms with E-state index in [1.54, 1.807) is 11.3 Å². The molecule has 2 aromatic heterocycles. The number of anilines is 1. The zero-order valence-electron chi connectivity index (χ0n) is 9.66. The van der Waals surface area contributed by atoms with Gasteiger partial charge in [-0.3, -0.25) is 5.10 Å². The van der Waals surface area contributed by atoms with E-state index in [0.717, 1.165) is 34.5 Å². The minimum absolute atomic E-state index is 0.743. The molecule has 86 valence electrons. The molecule has 0 aliphatic carbocycles. The van der Waals surface area contributed by atoms with Gasteiger partial charge in [-0.1, -0.05) is 18.3 Å². The molecule has 16 heavy (non-hydrogen) atoms. The van der Waals surface area contributed by atoms with Crippen molar-refractivity contribution >= 4 is 16.5 Å². The molecule has 0 radical (unpaired) electrons. The molecule has 0 spiro atoms. The molecular weight excluding hydrogens is 222 g/mol. The van der Waals surface area contributed by atoms with E-state index in [2.05, 4.69) is 32.6 Å². The number of aryl methyl sites for hydroxylation is 3. The second kappa shape index (κ2) is 4.61. The van der Waals surface area contributed by atoms with E-state index >= 15 is 0 Å². The third-order valence-corrected chi connectivity index (χ3v) is 3.49. The van der Waals surface area contributed by atoms with E-state index in [1.807, 2.05) is 13.8 Å². The zero-order chi connectivity index (χ0) is 11.5. The molecule has 2 aromatic rings. The third kappa shape index (κ3) is 2.21. The Balaban J connectivity index is 2.02. The van der Waals surface area contributed by atoms with Gasteiger partial charge in [-0.25, -0.2) is 0 Å². The Labute approximate surface area is 98.3 Å². The summed E-state index contributed by atoms with van der Waals surface area (Å²) in [6.07, 6.45) is 0.934. The second-order valence-corrected chi connectivity index (χ2v) is 4.68. The first-order valence-corrected chi connectivity index (χ1v) is 6.09. The average Bonchev–Trinajstić information content (AvgIpc) is 2.85. The van der Waals surface area contributed by atoms with E-state index < -0.39 is 0 Å². The highest BCUT2D eigenvalue weighted by Gasteiger charge is 2.07. The van der Waals surface area contributed by atoms with Gasteiger partial charge in [-0.2, -0.15) is 5.10 Å². The number of hydrogen-bond donors (Lipinski definition) is 2. The molecule has 0 aliphatic heterocycles. The smallest absolute Gasteiger partial charge is 0.205 e. The molecule has 2 rings (SSSR count). The van der Waals surface area contributed by atoms with Gasteiger partial charge in [0.15, 0.2) is 0 Å². The Morgan fingerprint density at radius 3 is 2.69 bits per heavy atom. The van der Waals surface area contributed by atoms with Crippen molar-refractivity contribution in [3.8, 4) is 0 Å². The molecule has 6 heteroatoms. The molecule has 0 amide bonds. The van der Waals surface area contributed by atoms with E-state index in [9.17, 15) is 0 Å². The highest BCUT2D eigenvalue weighted by Crippen LogP contribution is 2.17. The van der Waals surface area contributed by atoms with Gasteiger partial charge >= 0.3 is 0 Å². The van der Waals surface area contributed by atoms with Gasteiger partial charge in [0.2, 0.25) is 5.13 Å². The van der Waals surface area contributed by atoms with Crippen molar-refractivity contribution < 1.29 is 0 Å². The minimum Gasteiger partial charge on any atom is -0.356 e. The first-order chi connectivity index (χ1) is 7.70. The van der Waals surface area contributed by atoms with Crippen LogP contribution in [0.1, 0.15) is 28.9 Å². The van der Waals surface area contributed by atoms with Gasteiger partial charge in [0.25, 0.3) is 0 Å². The molecule has 0 unspecified atom stereocenters. The number of H-pyrrole nitrogens is 1. The third-order valence-electron chi connectivity index (χ3n) is 2.47. The van der Waals surface area contributed by atoms with Crippen LogP contribution in [0.2, 0.25) is 0 Å². The van der Waals surface area contributed by atoms with E-state index in [1.165, 1.54) is 5.56 Å².